The summed E-state index contributed by atoms with van der Waals surface area (Å²) >= 11 is 0. The van der Waals surface area contributed by atoms with E-state index in [1.165, 1.54) is 11.1 Å². The van der Waals surface area contributed by atoms with Crippen molar-refractivity contribution in [1.82, 2.24) is 10.2 Å². The Bertz CT molecular complexity index is 486. The van der Waals surface area contributed by atoms with Crippen LogP contribution in [0.4, 0.5) is 0 Å². The second-order valence-corrected chi connectivity index (χ2v) is 6.22. The average molecular weight is 272 g/mol. The van der Waals surface area contributed by atoms with Crippen molar-refractivity contribution in [2.45, 2.75) is 38.6 Å². The molecular formula is C17H24N2O. The highest BCUT2D eigenvalue weighted by molar-refractivity contribution is 5.77. The number of nitrogens with zero attached hydrogens (tertiary/aromatic N) is 1. The van der Waals surface area contributed by atoms with E-state index in [1.54, 1.807) is 0 Å². The zero-order valence-corrected chi connectivity index (χ0v) is 12.3. The van der Waals surface area contributed by atoms with Crippen LogP contribution < -0.4 is 5.32 Å². The Kier molecular flexibility index (Phi) is 4.06. The Balaban J connectivity index is 1.60. The Morgan fingerprint density at radius 3 is 2.95 bits per heavy atom. The van der Waals surface area contributed by atoms with Crippen LogP contribution >= 0.6 is 0 Å². The van der Waals surface area contributed by atoms with Gasteiger partial charge in [-0.25, -0.2) is 0 Å². The van der Waals surface area contributed by atoms with Crippen molar-refractivity contribution in [3.05, 3.63) is 35.4 Å². The van der Waals surface area contributed by atoms with Gasteiger partial charge in [0.25, 0.3) is 0 Å². The van der Waals surface area contributed by atoms with Crippen molar-refractivity contribution < 1.29 is 4.79 Å². The Morgan fingerprint density at radius 2 is 2.15 bits per heavy atom. The van der Waals surface area contributed by atoms with E-state index in [2.05, 4.69) is 41.4 Å². The molecule has 3 rings (SSSR count). The summed E-state index contributed by atoms with van der Waals surface area (Å²) in [6.45, 7) is 4.87. The molecule has 1 aromatic rings. The van der Waals surface area contributed by atoms with Crippen LogP contribution in [-0.4, -0.2) is 36.5 Å². The van der Waals surface area contributed by atoms with Crippen molar-refractivity contribution in [3.63, 3.8) is 0 Å². The lowest BCUT2D eigenvalue weighted by Gasteiger charge is -2.35. The average Bonchev–Trinajstić information content (AvgIpc) is 2.47. The van der Waals surface area contributed by atoms with Crippen molar-refractivity contribution in [2.24, 2.45) is 5.92 Å². The number of hydrogen-bond donors (Lipinski definition) is 1. The third kappa shape index (κ3) is 2.88. The molecule has 1 amide bonds. The van der Waals surface area contributed by atoms with Crippen molar-refractivity contribution in [3.8, 4) is 0 Å². The minimum absolute atomic E-state index is 0.340. The highest BCUT2D eigenvalue weighted by Gasteiger charge is 2.27. The number of piperazine rings is 1. The fraction of sp³-hybridized carbons (Fsp3) is 0.588. The van der Waals surface area contributed by atoms with Crippen LogP contribution in [0.5, 0.6) is 0 Å². The predicted octanol–water partition coefficient (Wildman–Crippen LogP) is 2.00. The Labute approximate surface area is 121 Å². The zero-order valence-electron chi connectivity index (χ0n) is 12.3. The van der Waals surface area contributed by atoms with Gasteiger partial charge in [-0.05, 0) is 43.2 Å². The molecule has 2 aliphatic rings. The molecule has 0 radical (unpaired) electrons. The Morgan fingerprint density at radius 1 is 1.35 bits per heavy atom. The van der Waals surface area contributed by atoms with Crippen molar-refractivity contribution in [1.29, 1.82) is 0 Å². The van der Waals surface area contributed by atoms with Crippen LogP contribution in [-0.2, 0) is 17.6 Å². The highest BCUT2D eigenvalue weighted by Crippen LogP contribution is 2.28. The van der Waals surface area contributed by atoms with Crippen molar-refractivity contribution in [2.75, 3.05) is 19.6 Å². The van der Waals surface area contributed by atoms with Gasteiger partial charge >= 0.3 is 0 Å². The number of amides is 1. The van der Waals surface area contributed by atoms with Gasteiger partial charge in [-0.3, -0.25) is 4.79 Å². The molecule has 0 bridgehead atoms. The number of rotatable bonds is 2. The first-order valence-electron chi connectivity index (χ1n) is 7.81. The van der Waals surface area contributed by atoms with E-state index in [-0.39, 0.29) is 0 Å². The maximum atomic E-state index is 12.5. The lowest BCUT2D eigenvalue weighted by atomic mass is 9.82. The van der Waals surface area contributed by atoms with Crippen LogP contribution in [0, 0.1) is 5.92 Å². The molecule has 1 aromatic carbocycles. The molecule has 0 saturated carbocycles. The van der Waals surface area contributed by atoms with E-state index in [0.29, 0.717) is 17.9 Å². The second kappa shape index (κ2) is 5.96. The van der Waals surface area contributed by atoms with Crippen LogP contribution in [0.1, 0.15) is 30.9 Å². The quantitative estimate of drug-likeness (QED) is 0.893. The number of benzene rings is 1. The van der Waals surface area contributed by atoms with Gasteiger partial charge in [-0.2, -0.15) is 0 Å². The van der Waals surface area contributed by atoms with Gasteiger partial charge in [0.05, 0.1) is 0 Å². The number of nitrogens with one attached hydrogen (secondary N) is 1. The molecule has 3 nitrogen and oxygen atoms in total. The number of fused-ring (bicyclic) bond motifs is 1. The summed E-state index contributed by atoms with van der Waals surface area (Å²) in [7, 11) is 0. The molecule has 3 heteroatoms. The SMILES string of the molecule is CC1CNCCN1C(=O)CC1CCc2ccccc2C1. The van der Waals surface area contributed by atoms with E-state index in [1.807, 2.05) is 0 Å². The van der Waals surface area contributed by atoms with E-state index < -0.39 is 0 Å². The summed E-state index contributed by atoms with van der Waals surface area (Å²) < 4.78 is 0. The molecule has 108 valence electrons. The Hall–Kier alpha value is -1.35. The van der Waals surface area contributed by atoms with Crippen LogP contribution in [0.3, 0.4) is 0 Å². The lowest BCUT2D eigenvalue weighted by molar-refractivity contribution is -0.135. The van der Waals surface area contributed by atoms with Crippen LogP contribution in [0.15, 0.2) is 24.3 Å². The first-order chi connectivity index (χ1) is 9.74. The van der Waals surface area contributed by atoms with Gasteiger partial charge in [-0.15, -0.1) is 0 Å². The summed E-state index contributed by atoms with van der Waals surface area (Å²) in [6.07, 6.45) is 4.08. The molecule has 1 N–H and O–H groups in total. The molecule has 0 spiro atoms. The third-order valence-electron chi connectivity index (χ3n) is 4.73. The zero-order chi connectivity index (χ0) is 13.9. The molecule has 1 heterocycles. The molecule has 1 saturated heterocycles. The molecule has 20 heavy (non-hydrogen) atoms. The van der Waals surface area contributed by atoms with Gasteiger partial charge in [0.15, 0.2) is 0 Å². The van der Waals surface area contributed by atoms with E-state index in [9.17, 15) is 4.79 Å². The van der Waals surface area contributed by atoms with Gasteiger partial charge < -0.3 is 10.2 Å². The van der Waals surface area contributed by atoms with Gasteiger partial charge in [-0.1, -0.05) is 24.3 Å². The fourth-order valence-corrected chi connectivity index (χ4v) is 3.52. The minimum Gasteiger partial charge on any atom is -0.337 e. The molecule has 1 aliphatic heterocycles. The number of aryl methyl sites for hydroxylation is 1. The topological polar surface area (TPSA) is 32.3 Å². The first kappa shape index (κ1) is 13.6. The maximum Gasteiger partial charge on any atom is 0.223 e. The van der Waals surface area contributed by atoms with Gasteiger partial charge in [0.2, 0.25) is 5.91 Å². The molecular weight excluding hydrogens is 248 g/mol. The van der Waals surface area contributed by atoms with Crippen molar-refractivity contribution >= 4 is 5.91 Å². The number of carbonyl (C=O) groups is 1. The summed E-state index contributed by atoms with van der Waals surface area (Å²) in [5, 5.41) is 3.34. The summed E-state index contributed by atoms with van der Waals surface area (Å²) in [6, 6.07) is 9.02. The smallest absolute Gasteiger partial charge is 0.223 e. The normalized spacial score (nSPS) is 26.1. The summed E-state index contributed by atoms with van der Waals surface area (Å²) in [4.78, 5) is 14.6. The van der Waals surface area contributed by atoms with E-state index in [0.717, 1.165) is 45.3 Å². The van der Waals surface area contributed by atoms with E-state index >= 15 is 0 Å². The predicted molar refractivity (Wildman–Crippen MR) is 80.6 cm³/mol. The standard InChI is InChI=1S/C17H24N2O/c1-13-12-18-8-9-19(13)17(20)11-14-6-7-15-4-2-3-5-16(15)10-14/h2-5,13-14,18H,6-12H2,1H3. The minimum atomic E-state index is 0.340. The lowest BCUT2D eigenvalue weighted by Crippen LogP contribution is -2.52. The fourth-order valence-electron chi connectivity index (χ4n) is 3.52. The highest BCUT2D eigenvalue weighted by atomic mass is 16.2. The van der Waals surface area contributed by atoms with E-state index in [4.69, 9.17) is 0 Å². The maximum absolute atomic E-state index is 12.5. The molecule has 2 atom stereocenters. The molecule has 1 aliphatic carbocycles. The van der Waals surface area contributed by atoms with Crippen LogP contribution in [0.2, 0.25) is 0 Å². The van der Waals surface area contributed by atoms with Crippen LogP contribution in [0.25, 0.3) is 0 Å². The molecule has 1 fully saturated rings. The monoisotopic (exact) mass is 272 g/mol. The molecule has 2 unspecified atom stereocenters. The summed E-state index contributed by atoms with van der Waals surface area (Å²) in [5.41, 5.74) is 2.93. The van der Waals surface area contributed by atoms with Gasteiger partial charge in [0.1, 0.15) is 0 Å². The molecule has 0 aromatic heterocycles. The third-order valence-corrected chi connectivity index (χ3v) is 4.73. The van der Waals surface area contributed by atoms with Gasteiger partial charge in [0, 0.05) is 32.1 Å². The number of carbonyl (C=O) groups excluding carboxylic acids is 1. The summed E-state index contributed by atoms with van der Waals surface area (Å²) in [5.74, 6) is 0.878. The largest absolute Gasteiger partial charge is 0.337 e. The second-order valence-electron chi connectivity index (χ2n) is 6.22. The number of hydrogen-bond acceptors (Lipinski definition) is 2. The first-order valence-corrected chi connectivity index (χ1v) is 7.81.